The third kappa shape index (κ3) is 4.08. The lowest BCUT2D eigenvalue weighted by molar-refractivity contribution is -0.331. The van der Waals surface area contributed by atoms with Crippen LogP contribution >= 0.6 is 31.9 Å². The molecule has 0 N–H and O–H groups in total. The van der Waals surface area contributed by atoms with E-state index >= 15 is 0 Å². The van der Waals surface area contributed by atoms with Gasteiger partial charge in [0, 0.05) is 22.5 Å². The van der Waals surface area contributed by atoms with Gasteiger partial charge >= 0.3 is 17.4 Å². The number of rotatable bonds is 4. The lowest BCUT2D eigenvalue weighted by atomic mass is 9.92. The van der Waals surface area contributed by atoms with Crippen molar-refractivity contribution in [3.05, 3.63) is 63.6 Å². The van der Waals surface area contributed by atoms with Gasteiger partial charge in [0.2, 0.25) is 0 Å². The SMILES string of the molecule is [O-][S+](C1=CC(Br)(c2ccccc2F)[CH]C(Br)=C1)C(F)(F)C(F)(F)C(F)(F)F. The maximum absolute atomic E-state index is 14.0. The Morgan fingerprint density at radius 1 is 1.00 bits per heavy atom. The van der Waals surface area contributed by atoms with Crippen LogP contribution in [-0.2, 0) is 15.5 Å². The van der Waals surface area contributed by atoms with Crippen LogP contribution in [0.5, 0.6) is 0 Å². The van der Waals surface area contributed by atoms with Crippen molar-refractivity contribution in [1.82, 2.24) is 0 Å². The molecule has 0 saturated carbocycles. The summed E-state index contributed by atoms with van der Waals surface area (Å²) < 4.78 is 115. The molecule has 2 unspecified atom stereocenters. The fourth-order valence-electron chi connectivity index (χ4n) is 2.13. The molecular formula is C15H7Br2F8OS. The molecule has 0 aliphatic heterocycles. The van der Waals surface area contributed by atoms with Crippen LogP contribution in [0.2, 0.25) is 0 Å². The number of hydrogen-bond acceptors (Lipinski definition) is 1. The second-order valence-corrected chi connectivity index (χ2v) is 9.08. The molecule has 0 heterocycles. The van der Waals surface area contributed by atoms with Gasteiger partial charge in [0.05, 0.1) is 15.5 Å². The van der Waals surface area contributed by atoms with Crippen LogP contribution in [0, 0.1) is 12.2 Å². The van der Waals surface area contributed by atoms with Gasteiger partial charge in [-0.05, 0) is 12.1 Å². The summed E-state index contributed by atoms with van der Waals surface area (Å²) in [5.74, 6) is -7.36. The standard InChI is InChI=1S/C15H7Br2F8OS/c16-8-5-9(27(26)15(24,25)13(19,20)14(21,22)23)7-12(17,6-8)10-3-1-2-4-11(10)18/h1-7H. The molecule has 0 amide bonds. The first-order chi connectivity index (χ1) is 12.1. The number of hydrogen-bond donors (Lipinski definition) is 0. The summed E-state index contributed by atoms with van der Waals surface area (Å²) in [5.41, 5.74) is -0.157. The van der Waals surface area contributed by atoms with Crippen LogP contribution < -0.4 is 0 Å². The largest absolute Gasteiger partial charge is 0.607 e. The first-order valence-electron chi connectivity index (χ1n) is 6.77. The summed E-state index contributed by atoms with van der Waals surface area (Å²) in [6, 6.07) is 4.96. The third-order valence-electron chi connectivity index (χ3n) is 3.44. The molecule has 1 aromatic carbocycles. The van der Waals surface area contributed by atoms with Gasteiger partial charge in [0.25, 0.3) is 0 Å². The highest BCUT2D eigenvalue weighted by atomic mass is 79.9. The average molecular weight is 547 g/mol. The topological polar surface area (TPSA) is 23.1 Å². The maximum atomic E-state index is 14.0. The first kappa shape index (κ1) is 22.7. The zero-order chi connectivity index (χ0) is 20.8. The van der Waals surface area contributed by atoms with Gasteiger partial charge in [-0.3, -0.25) is 0 Å². The summed E-state index contributed by atoms with van der Waals surface area (Å²) in [7, 11) is 0. The molecule has 12 heteroatoms. The number of halogens is 10. The van der Waals surface area contributed by atoms with Crippen molar-refractivity contribution in [3.8, 4) is 0 Å². The Morgan fingerprint density at radius 2 is 1.56 bits per heavy atom. The van der Waals surface area contributed by atoms with E-state index < -0.39 is 43.6 Å². The van der Waals surface area contributed by atoms with E-state index in [0.29, 0.717) is 12.2 Å². The highest BCUT2D eigenvalue weighted by Crippen LogP contribution is 2.53. The van der Waals surface area contributed by atoms with Gasteiger partial charge in [-0.1, -0.05) is 50.1 Å². The monoisotopic (exact) mass is 545 g/mol. The van der Waals surface area contributed by atoms with Crippen molar-refractivity contribution < 1.29 is 39.7 Å². The fourth-order valence-corrected chi connectivity index (χ4v) is 5.34. The van der Waals surface area contributed by atoms with Crippen LogP contribution in [-0.4, -0.2) is 21.9 Å². The molecule has 1 nitrogen and oxygen atoms in total. The molecule has 1 aromatic rings. The summed E-state index contributed by atoms with van der Waals surface area (Å²) in [4.78, 5) is -1.04. The van der Waals surface area contributed by atoms with Crippen molar-refractivity contribution in [3.63, 3.8) is 0 Å². The van der Waals surface area contributed by atoms with Crippen molar-refractivity contribution in [2.75, 3.05) is 0 Å². The zero-order valence-electron chi connectivity index (χ0n) is 12.6. The van der Waals surface area contributed by atoms with Crippen LogP contribution in [0.25, 0.3) is 0 Å². The molecule has 0 spiro atoms. The minimum atomic E-state index is -6.62. The molecule has 2 rings (SSSR count). The van der Waals surface area contributed by atoms with Gasteiger partial charge in [0.15, 0.2) is 4.91 Å². The predicted octanol–water partition coefficient (Wildman–Crippen LogP) is 6.34. The lowest BCUT2D eigenvalue weighted by Crippen LogP contribution is -2.56. The van der Waals surface area contributed by atoms with Gasteiger partial charge in [0.1, 0.15) is 5.82 Å². The summed E-state index contributed by atoms with van der Waals surface area (Å²) in [5, 5.41) is -5.96. The Morgan fingerprint density at radius 3 is 2.07 bits per heavy atom. The Labute approximate surface area is 167 Å². The molecule has 1 aliphatic rings. The summed E-state index contributed by atoms with van der Waals surface area (Å²) in [6.07, 6.45) is -4.01. The number of allylic oxidation sites excluding steroid dienone is 3. The Hall–Kier alpha value is -0.590. The van der Waals surface area contributed by atoms with Crippen molar-refractivity contribution in [2.24, 2.45) is 0 Å². The van der Waals surface area contributed by atoms with Gasteiger partial charge < -0.3 is 4.55 Å². The minimum absolute atomic E-state index is 0.0837. The molecule has 27 heavy (non-hydrogen) atoms. The van der Waals surface area contributed by atoms with E-state index in [4.69, 9.17) is 0 Å². The van der Waals surface area contributed by atoms with E-state index in [1.807, 2.05) is 0 Å². The van der Waals surface area contributed by atoms with E-state index in [-0.39, 0.29) is 10.0 Å². The molecule has 2 atom stereocenters. The van der Waals surface area contributed by atoms with Gasteiger partial charge in [-0.25, -0.2) is 4.39 Å². The van der Waals surface area contributed by atoms with Crippen molar-refractivity contribution in [2.45, 2.75) is 21.7 Å². The van der Waals surface area contributed by atoms with Crippen LogP contribution in [0.3, 0.4) is 0 Å². The Bertz CT molecular complexity index is 792. The van der Waals surface area contributed by atoms with Crippen molar-refractivity contribution in [1.29, 1.82) is 0 Å². The van der Waals surface area contributed by atoms with E-state index in [0.717, 1.165) is 6.07 Å². The first-order valence-corrected chi connectivity index (χ1v) is 9.51. The van der Waals surface area contributed by atoms with E-state index in [9.17, 15) is 39.7 Å². The maximum Gasteiger partial charge on any atom is 0.486 e. The highest BCUT2D eigenvalue weighted by molar-refractivity contribution is 9.12. The van der Waals surface area contributed by atoms with E-state index in [2.05, 4.69) is 31.9 Å². The van der Waals surface area contributed by atoms with Crippen LogP contribution in [0.4, 0.5) is 35.1 Å². The van der Waals surface area contributed by atoms with E-state index in [1.165, 1.54) is 24.6 Å². The van der Waals surface area contributed by atoms with Gasteiger partial charge in [-0.15, -0.1) is 8.78 Å². The van der Waals surface area contributed by atoms with Crippen LogP contribution in [0.15, 0.2) is 45.8 Å². The molecule has 149 valence electrons. The number of benzene rings is 1. The quantitative estimate of drug-likeness (QED) is 0.246. The average Bonchev–Trinajstić information content (AvgIpc) is 2.52. The Balaban J connectivity index is 2.53. The summed E-state index contributed by atoms with van der Waals surface area (Å²) in [6.45, 7) is 0. The molecular weight excluding hydrogens is 540 g/mol. The predicted molar refractivity (Wildman–Crippen MR) is 90.5 cm³/mol. The van der Waals surface area contributed by atoms with Crippen LogP contribution in [0.1, 0.15) is 5.56 Å². The second-order valence-electron chi connectivity index (χ2n) is 5.33. The zero-order valence-corrected chi connectivity index (χ0v) is 16.6. The number of alkyl halides is 8. The van der Waals surface area contributed by atoms with Gasteiger partial charge in [-0.2, -0.15) is 22.0 Å². The smallest absolute Gasteiger partial charge is 0.486 e. The Kier molecular flexibility index (Phi) is 6.17. The second kappa shape index (κ2) is 7.34. The molecule has 0 aromatic heterocycles. The minimum Gasteiger partial charge on any atom is -0.607 e. The normalized spacial score (nSPS) is 22.9. The highest BCUT2D eigenvalue weighted by Gasteiger charge is 2.80. The summed E-state index contributed by atoms with van der Waals surface area (Å²) >= 11 is 1.80. The van der Waals surface area contributed by atoms with Crippen molar-refractivity contribution >= 4 is 43.0 Å². The fraction of sp³-hybridized carbons (Fsp3) is 0.267. The lowest BCUT2D eigenvalue weighted by Gasteiger charge is -2.32. The molecule has 0 saturated heterocycles. The molecule has 0 bridgehead atoms. The third-order valence-corrected chi connectivity index (χ3v) is 6.16. The molecule has 1 aliphatic carbocycles. The molecule has 0 fully saturated rings. The van der Waals surface area contributed by atoms with E-state index in [1.54, 1.807) is 0 Å². The molecule has 1 radical (unpaired) electrons.